The molecule has 4 heteroatoms. The van der Waals surface area contributed by atoms with E-state index in [1.807, 2.05) is 26.0 Å². The average molecular weight is 292 g/mol. The molecule has 2 aromatic carbocycles. The molecule has 2 nitrogen and oxygen atoms in total. The van der Waals surface area contributed by atoms with Gasteiger partial charge >= 0.3 is 0 Å². The first-order chi connectivity index (χ1) is 9.92. The van der Waals surface area contributed by atoms with Crippen molar-refractivity contribution in [1.82, 2.24) is 0 Å². The molecule has 2 aromatic rings. The predicted molar refractivity (Wildman–Crippen MR) is 77.5 cm³/mol. The van der Waals surface area contributed by atoms with Crippen molar-refractivity contribution in [2.75, 3.05) is 7.11 Å². The van der Waals surface area contributed by atoms with E-state index in [1.54, 1.807) is 0 Å². The third kappa shape index (κ3) is 3.39. The maximum absolute atomic E-state index is 13.7. The molecule has 0 saturated carbocycles. The van der Waals surface area contributed by atoms with E-state index in [0.29, 0.717) is 11.3 Å². The van der Waals surface area contributed by atoms with Crippen LogP contribution in [0.4, 0.5) is 8.78 Å². The Bertz CT molecular complexity index is 653. The van der Waals surface area contributed by atoms with Crippen LogP contribution in [0.3, 0.4) is 0 Å². The molecule has 0 heterocycles. The summed E-state index contributed by atoms with van der Waals surface area (Å²) in [6, 6.07) is 7.12. The van der Waals surface area contributed by atoms with E-state index in [4.69, 9.17) is 4.74 Å². The molecule has 112 valence electrons. The Morgan fingerprint density at radius 3 is 2.48 bits per heavy atom. The van der Waals surface area contributed by atoms with Gasteiger partial charge in [-0.25, -0.2) is 8.78 Å². The Labute approximate surface area is 123 Å². The van der Waals surface area contributed by atoms with Gasteiger partial charge in [-0.2, -0.15) is 0 Å². The lowest BCUT2D eigenvalue weighted by atomic mass is 9.95. The number of hydrogen-bond acceptors (Lipinski definition) is 2. The van der Waals surface area contributed by atoms with Crippen LogP contribution in [-0.2, 0) is 6.42 Å². The van der Waals surface area contributed by atoms with Crippen LogP contribution < -0.4 is 4.74 Å². The minimum Gasteiger partial charge on any atom is -0.496 e. The van der Waals surface area contributed by atoms with Crippen LogP contribution >= 0.6 is 0 Å². The Morgan fingerprint density at radius 1 is 1.14 bits per heavy atom. The highest BCUT2D eigenvalue weighted by Crippen LogP contribution is 2.32. The summed E-state index contributed by atoms with van der Waals surface area (Å²) < 4.78 is 31.9. The van der Waals surface area contributed by atoms with E-state index in [2.05, 4.69) is 0 Å². The second-order valence-corrected chi connectivity index (χ2v) is 5.15. The molecule has 0 aromatic heterocycles. The number of ether oxygens (including phenoxy) is 1. The zero-order valence-corrected chi connectivity index (χ0v) is 12.3. The van der Waals surface area contributed by atoms with Crippen LogP contribution in [0.2, 0.25) is 0 Å². The molecule has 21 heavy (non-hydrogen) atoms. The fraction of sp³-hybridized carbons (Fsp3) is 0.294. The van der Waals surface area contributed by atoms with Crippen molar-refractivity contribution in [3.63, 3.8) is 0 Å². The fourth-order valence-corrected chi connectivity index (χ4v) is 2.53. The summed E-state index contributed by atoms with van der Waals surface area (Å²) in [5.74, 6) is -0.713. The molecule has 0 spiro atoms. The van der Waals surface area contributed by atoms with Gasteiger partial charge in [0.05, 0.1) is 13.2 Å². The molecule has 0 radical (unpaired) electrons. The van der Waals surface area contributed by atoms with Gasteiger partial charge in [-0.1, -0.05) is 12.1 Å². The monoisotopic (exact) mass is 292 g/mol. The number of rotatable bonds is 4. The quantitative estimate of drug-likeness (QED) is 0.927. The molecule has 2 rings (SSSR count). The molecular weight excluding hydrogens is 274 g/mol. The van der Waals surface area contributed by atoms with E-state index in [1.165, 1.54) is 19.2 Å². The standard InChI is InChI=1S/C17H18F2O2/c1-10-6-11(2)17(16(7-10)21-3)15(20)8-12-4-5-13(18)9-14(12)19/h4-7,9,15,20H,8H2,1-3H3. The van der Waals surface area contributed by atoms with Crippen molar-refractivity contribution in [2.45, 2.75) is 26.4 Å². The topological polar surface area (TPSA) is 29.5 Å². The van der Waals surface area contributed by atoms with Gasteiger partial charge in [0.2, 0.25) is 0 Å². The number of benzene rings is 2. The molecular formula is C17H18F2O2. The van der Waals surface area contributed by atoms with Gasteiger partial charge in [-0.15, -0.1) is 0 Å². The number of aliphatic hydroxyl groups is 1. The summed E-state index contributed by atoms with van der Waals surface area (Å²) in [6.07, 6.45) is -0.854. The lowest BCUT2D eigenvalue weighted by Crippen LogP contribution is -2.08. The Balaban J connectivity index is 2.34. The SMILES string of the molecule is COc1cc(C)cc(C)c1C(O)Cc1ccc(F)cc1F. The fourth-order valence-electron chi connectivity index (χ4n) is 2.53. The minimum absolute atomic E-state index is 0.0619. The van der Waals surface area contributed by atoms with Crippen LogP contribution in [0.15, 0.2) is 30.3 Å². The minimum atomic E-state index is -0.916. The number of aryl methyl sites for hydroxylation is 2. The molecule has 0 aliphatic carbocycles. The van der Waals surface area contributed by atoms with Gasteiger partial charge < -0.3 is 9.84 Å². The van der Waals surface area contributed by atoms with Crippen LogP contribution in [-0.4, -0.2) is 12.2 Å². The molecule has 1 unspecified atom stereocenters. The van der Waals surface area contributed by atoms with Crippen LogP contribution in [0, 0.1) is 25.5 Å². The maximum atomic E-state index is 13.7. The number of halogens is 2. The predicted octanol–water partition coefficient (Wildman–Crippen LogP) is 3.87. The van der Waals surface area contributed by atoms with Gasteiger partial charge in [-0.3, -0.25) is 0 Å². The van der Waals surface area contributed by atoms with E-state index >= 15 is 0 Å². The highest BCUT2D eigenvalue weighted by molar-refractivity contribution is 5.45. The Morgan fingerprint density at radius 2 is 1.86 bits per heavy atom. The van der Waals surface area contributed by atoms with Crippen molar-refractivity contribution in [3.8, 4) is 5.75 Å². The van der Waals surface area contributed by atoms with Crippen molar-refractivity contribution >= 4 is 0 Å². The lowest BCUT2D eigenvalue weighted by Gasteiger charge is -2.18. The van der Waals surface area contributed by atoms with E-state index in [-0.39, 0.29) is 12.0 Å². The smallest absolute Gasteiger partial charge is 0.129 e. The van der Waals surface area contributed by atoms with E-state index in [0.717, 1.165) is 17.2 Å². The largest absolute Gasteiger partial charge is 0.496 e. The summed E-state index contributed by atoms with van der Waals surface area (Å²) in [5.41, 5.74) is 2.80. The highest BCUT2D eigenvalue weighted by Gasteiger charge is 2.19. The van der Waals surface area contributed by atoms with Crippen LogP contribution in [0.5, 0.6) is 5.75 Å². The molecule has 0 saturated heterocycles. The summed E-state index contributed by atoms with van der Waals surface area (Å²) >= 11 is 0. The van der Waals surface area contributed by atoms with E-state index < -0.39 is 17.7 Å². The molecule has 1 N–H and O–H groups in total. The van der Waals surface area contributed by atoms with Crippen molar-refractivity contribution < 1.29 is 18.6 Å². The first-order valence-corrected chi connectivity index (χ1v) is 6.69. The third-order valence-corrected chi connectivity index (χ3v) is 3.47. The Hall–Kier alpha value is -1.94. The number of hydrogen-bond donors (Lipinski definition) is 1. The zero-order valence-electron chi connectivity index (χ0n) is 12.3. The first kappa shape index (κ1) is 15.4. The van der Waals surface area contributed by atoms with E-state index in [9.17, 15) is 13.9 Å². The molecule has 0 bridgehead atoms. The molecule has 0 amide bonds. The Kier molecular flexibility index (Phi) is 4.58. The first-order valence-electron chi connectivity index (χ1n) is 6.69. The van der Waals surface area contributed by atoms with Crippen molar-refractivity contribution in [2.24, 2.45) is 0 Å². The van der Waals surface area contributed by atoms with Crippen molar-refractivity contribution in [3.05, 3.63) is 64.2 Å². The lowest BCUT2D eigenvalue weighted by molar-refractivity contribution is 0.172. The number of methoxy groups -OCH3 is 1. The van der Waals surface area contributed by atoms with Gasteiger partial charge in [0.25, 0.3) is 0 Å². The molecule has 0 aliphatic rings. The zero-order chi connectivity index (χ0) is 15.6. The average Bonchev–Trinajstić information content (AvgIpc) is 2.40. The molecule has 0 fully saturated rings. The third-order valence-electron chi connectivity index (χ3n) is 3.47. The summed E-state index contributed by atoms with van der Waals surface area (Å²) in [4.78, 5) is 0. The van der Waals surface area contributed by atoms with Crippen LogP contribution in [0.25, 0.3) is 0 Å². The maximum Gasteiger partial charge on any atom is 0.129 e. The van der Waals surface area contributed by atoms with Crippen molar-refractivity contribution in [1.29, 1.82) is 0 Å². The number of aliphatic hydroxyl groups excluding tert-OH is 1. The second-order valence-electron chi connectivity index (χ2n) is 5.15. The van der Waals surface area contributed by atoms with Gasteiger partial charge in [0.15, 0.2) is 0 Å². The van der Waals surface area contributed by atoms with Gasteiger partial charge in [0, 0.05) is 18.1 Å². The summed E-state index contributed by atoms with van der Waals surface area (Å²) in [5, 5.41) is 10.4. The van der Waals surface area contributed by atoms with Crippen LogP contribution in [0.1, 0.15) is 28.4 Å². The highest BCUT2D eigenvalue weighted by atomic mass is 19.1. The molecule has 1 atom stereocenters. The normalized spacial score (nSPS) is 12.3. The second kappa shape index (κ2) is 6.22. The van der Waals surface area contributed by atoms with Gasteiger partial charge in [0.1, 0.15) is 17.4 Å². The van der Waals surface area contributed by atoms with Gasteiger partial charge in [-0.05, 0) is 42.7 Å². The molecule has 0 aliphatic heterocycles. The summed E-state index contributed by atoms with van der Waals surface area (Å²) in [6.45, 7) is 3.81. The summed E-state index contributed by atoms with van der Waals surface area (Å²) in [7, 11) is 1.53.